The maximum Gasteiger partial charge on any atom is 0.234 e. The highest BCUT2D eigenvalue weighted by Gasteiger charge is 2.13. The van der Waals surface area contributed by atoms with Crippen molar-refractivity contribution in [3.63, 3.8) is 0 Å². The van der Waals surface area contributed by atoms with E-state index in [4.69, 9.17) is 11.6 Å². The van der Waals surface area contributed by atoms with Gasteiger partial charge in [0.15, 0.2) is 0 Å². The molecule has 2 N–H and O–H groups in total. The molecule has 0 aliphatic rings. The summed E-state index contributed by atoms with van der Waals surface area (Å²) in [6.45, 7) is 3.81. The summed E-state index contributed by atoms with van der Waals surface area (Å²) in [4.78, 5) is 27.0. The Morgan fingerprint density at radius 2 is 1.72 bits per heavy atom. The van der Waals surface area contributed by atoms with Crippen LogP contribution < -0.4 is 10.6 Å². The molecule has 0 unspecified atom stereocenters. The van der Waals surface area contributed by atoms with Crippen molar-refractivity contribution in [3.8, 4) is 0 Å². The zero-order chi connectivity index (χ0) is 18.1. The van der Waals surface area contributed by atoms with Gasteiger partial charge in [-0.05, 0) is 29.6 Å². The number of nitrogens with one attached hydrogen (secondary N) is 2. The minimum atomic E-state index is -0.132. The van der Waals surface area contributed by atoms with Crippen LogP contribution in [-0.4, -0.2) is 36.3 Å². The smallest absolute Gasteiger partial charge is 0.234 e. The molecule has 0 spiro atoms. The maximum absolute atomic E-state index is 12.1. The third-order valence-electron chi connectivity index (χ3n) is 3.66. The highest BCUT2D eigenvalue weighted by molar-refractivity contribution is 7.09. The lowest BCUT2D eigenvalue weighted by Gasteiger charge is -2.19. The van der Waals surface area contributed by atoms with Gasteiger partial charge in [0, 0.05) is 16.4 Å². The lowest BCUT2D eigenvalue weighted by atomic mass is 10.2. The minimum Gasteiger partial charge on any atom is -0.351 e. The van der Waals surface area contributed by atoms with Gasteiger partial charge >= 0.3 is 0 Å². The van der Waals surface area contributed by atoms with Gasteiger partial charge < -0.3 is 10.6 Å². The summed E-state index contributed by atoms with van der Waals surface area (Å²) in [5.41, 5.74) is 0.870. The number of halogens is 1. The number of amides is 2. The molecule has 0 bridgehead atoms. The van der Waals surface area contributed by atoms with Gasteiger partial charge in [-0.15, -0.1) is 11.3 Å². The molecule has 2 rings (SSSR count). The van der Waals surface area contributed by atoms with Crippen molar-refractivity contribution in [2.45, 2.75) is 20.0 Å². The number of hydrogen-bond donors (Lipinski definition) is 2. The molecule has 2 aromatic rings. The number of hydrogen-bond acceptors (Lipinski definition) is 4. The lowest BCUT2D eigenvalue weighted by molar-refractivity contribution is -0.125. The monoisotopic (exact) mass is 379 g/mol. The normalized spacial score (nSPS) is 10.7. The number of benzene rings is 1. The highest BCUT2D eigenvalue weighted by Crippen LogP contribution is 2.14. The van der Waals surface area contributed by atoms with Crippen LogP contribution in [-0.2, 0) is 22.7 Å². The SMILES string of the molecule is CCN(CC(=O)NCc1cccs1)CC(=O)NCc1ccccc1Cl. The van der Waals surface area contributed by atoms with Crippen LogP contribution in [0.4, 0.5) is 0 Å². The second-order valence-corrected chi connectivity index (χ2v) is 6.97. The number of carbonyl (C=O) groups is 2. The van der Waals surface area contributed by atoms with Crippen LogP contribution in [0, 0.1) is 0 Å². The summed E-state index contributed by atoms with van der Waals surface area (Å²) in [7, 11) is 0. The van der Waals surface area contributed by atoms with Crippen molar-refractivity contribution in [3.05, 3.63) is 57.2 Å². The third-order valence-corrected chi connectivity index (χ3v) is 4.90. The van der Waals surface area contributed by atoms with Gasteiger partial charge in [-0.25, -0.2) is 0 Å². The Balaban J connectivity index is 1.73. The van der Waals surface area contributed by atoms with Gasteiger partial charge in [0.25, 0.3) is 0 Å². The Hall–Kier alpha value is -1.89. The van der Waals surface area contributed by atoms with Gasteiger partial charge in [-0.1, -0.05) is 42.8 Å². The molecule has 134 valence electrons. The van der Waals surface area contributed by atoms with Crippen LogP contribution in [0.25, 0.3) is 0 Å². The fraction of sp³-hybridized carbons (Fsp3) is 0.333. The summed E-state index contributed by atoms with van der Waals surface area (Å²) in [5.74, 6) is -0.220. The molecule has 0 radical (unpaired) electrons. The summed E-state index contributed by atoms with van der Waals surface area (Å²) in [6.07, 6.45) is 0. The van der Waals surface area contributed by atoms with E-state index < -0.39 is 0 Å². The molecular weight excluding hydrogens is 358 g/mol. The van der Waals surface area contributed by atoms with E-state index in [1.54, 1.807) is 22.3 Å². The molecule has 0 aliphatic carbocycles. The predicted octanol–water partition coefficient (Wildman–Crippen LogP) is 2.66. The van der Waals surface area contributed by atoms with E-state index in [9.17, 15) is 9.59 Å². The molecule has 7 heteroatoms. The highest BCUT2D eigenvalue weighted by atomic mass is 35.5. The van der Waals surface area contributed by atoms with E-state index in [1.807, 2.05) is 42.6 Å². The molecular formula is C18H22ClN3O2S. The average Bonchev–Trinajstić information content (AvgIpc) is 3.12. The number of carbonyl (C=O) groups excluding carboxylic acids is 2. The van der Waals surface area contributed by atoms with Crippen LogP contribution in [0.15, 0.2) is 41.8 Å². The molecule has 2 amide bonds. The number of thiophene rings is 1. The largest absolute Gasteiger partial charge is 0.351 e. The van der Waals surface area contributed by atoms with Crippen LogP contribution in [0.5, 0.6) is 0 Å². The molecule has 1 heterocycles. The van der Waals surface area contributed by atoms with Crippen molar-refractivity contribution in [1.82, 2.24) is 15.5 Å². The van der Waals surface area contributed by atoms with Gasteiger partial charge in [0.1, 0.15) is 0 Å². The third kappa shape index (κ3) is 6.86. The lowest BCUT2D eigenvalue weighted by Crippen LogP contribution is -2.42. The van der Waals surface area contributed by atoms with Crippen LogP contribution in [0.1, 0.15) is 17.4 Å². The Bertz CT molecular complexity index is 691. The topological polar surface area (TPSA) is 61.4 Å². The number of likely N-dealkylation sites (N-methyl/N-ethyl adjacent to an activating group) is 1. The van der Waals surface area contributed by atoms with E-state index in [1.165, 1.54) is 0 Å². The summed E-state index contributed by atoms with van der Waals surface area (Å²) >= 11 is 7.68. The zero-order valence-corrected chi connectivity index (χ0v) is 15.7. The van der Waals surface area contributed by atoms with E-state index in [2.05, 4.69) is 10.6 Å². The first-order chi connectivity index (χ1) is 12.1. The Morgan fingerprint density at radius 3 is 2.32 bits per heavy atom. The van der Waals surface area contributed by atoms with Crippen molar-refractivity contribution in [2.75, 3.05) is 19.6 Å². The summed E-state index contributed by atoms with van der Waals surface area (Å²) in [6, 6.07) is 11.3. The fourth-order valence-corrected chi connectivity index (χ4v) is 3.08. The van der Waals surface area contributed by atoms with Crippen molar-refractivity contribution >= 4 is 34.8 Å². The molecule has 1 aromatic carbocycles. The maximum atomic E-state index is 12.1. The quantitative estimate of drug-likeness (QED) is 0.704. The van der Waals surface area contributed by atoms with Crippen LogP contribution in [0.2, 0.25) is 5.02 Å². The zero-order valence-electron chi connectivity index (χ0n) is 14.1. The standard InChI is InChI=1S/C18H22ClN3O2S/c1-2-22(13-18(24)21-11-15-7-5-9-25-15)12-17(23)20-10-14-6-3-4-8-16(14)19/h3-9H,2,10-13H2,1H3,(H,20,23)(H,21,24). The Morgan fingerprint density at radius 1 is 1.04 bits per heavy atom. The molecule has 0 saturated heterocycles. The van der Waals surface area contributed by atoms with Crippen LogP contribution >= 0.6 is 22.9 Å². The van der Waals surface area contributed by atoms with E-state index >= 15 is 0 Å². The van der Waals surface area contributed by atoms with Gasteiger partial charge in [0.05, 0.1) is 19.6 Å². The summed E-state index contributed by atoms with van der Waals surface area (Å²) < 4.78 is 0. The Kier molecular flexibility index (Phi) is 7.91. The predicted molar refractivity (Wildman–Crippen MR) is 102 cm³/mol. The van der Waals surface area contributed by atoms with E-state index in [0.29, 0.717) is 24.7 Å². The summed E-state index contributed by atoms with van der Waals surface area (Å²) in [5, 5.41) is 8.31. The van der Waals surface area contributed by atoms with Gasteiger partial charge in [-0.3, -0.25) is 14.5 Å². The molecule has 25 heavy (non-hydrogen) atoms. The second kappa shape index (κ2) is 10.2. The average molecular weight is 380 g/mol. The molecule has 0 aliphatic heterocycles. The first-order valence-corrected chi connectivity index (χ1v) is 9.35. The molecule has 0 saturated carbocycles. The van der Waals surface area contributed by atoms with Crippen LogP contribution in [0.3, 0.4) is 0 Å². The Labute approximate surface area is 157 Å². The fourth-order valence-electron chi connectivity index (χ4n) is 2.23. The van der Waals surface area contributed by atoms with Crippen molar-refractivity contribution < 1.29 is 9.59 Å². The van der Waals surface area contributed by atoms with E-state index in [-0.39, 0.29) is 24.9 Å². The number of rotatable bonds is 9. The second-order valence-electron chi connectivity index (χ2n) is 5.53. The molecule has 1 aromatic heterocycles. The first-order valence-electron chi connectivity index (χ1n) is 8.10. The van der Waals surface area contributed by atoms with Gasteiger partial charge in [0.2, 0.25) is 11.8 Å². The van der Waals surface area contributed by atoms with Crippen molar-refractivity contribution in [2.24, 2.45) is 0 Å². The van der Waals surface area contributed by atoms with E-state index in [0.717, 1.165) is 10.4 Å². The first kappa shape index (κ1) is 19.4. The van der Waals surface area contributed by atoms with Crippen molar-refractivity contribution in [1.29, 1.82) is 0 Å². The minimum absolute atomic E-state index is 0.0887. The number of nitrogens with zero attached hydrogens (tertiary/aromatic N) is 1. The van der Waals surface area contributed by atoms with Gasteiger partial charge in [-0.2, -0.15) is 0 Å². The molecule has 0 atom stereocenters. The molecule has 5 nitrogen and oxygen atoms in total. The molecule has 0 fully saturated rings.